The van der Waals surface area contributed by atoms with E-state index in [1.807, 2.05) is 13.8 Å². The van der Waals surface area contributed by atoms with Gasteiger partial charge >= 0.3 is 0 Å². The van der Waals surface area contributed by atoms with Gasteiger partial charge in [-0.25, -0.2) is 0 Å². The molecule has 0 atom stereocenters. The Labute approximate surface area is 93.9 Å². The first-order chi connectivity index (χ1) is 5.39. The Bertz CT molecular complexity index is 47.2. The van der Waals surface area contributed by atoms with E-state index in [-0.39, 0.29) is 22.3 Å². The maximum Gasteiger partial charge on any atom is 0.0319 e. The maximum absolute atomic E-state index is 7.00. The van der Waals surface area contributed by atoms with Crippen molar-refractivity contribution in [2.45, 2.75) is 75.2 Å². The zero-order valence-corrected chi connectivity index (χ0v) is 8.56. The lowest BCUT2D eigenvalue weighted by Gasteiger charge is -2.15. The molecule has 14 heavy (non-hydrogen) atoms. The Balaban J connectivity index is -0.0000000350. The van der Waals surface area contributed by atoms with Gasteiger partial charge in [0.05, 0.1) is 0 Å². The van der Waals surface area contributed by atoms with Crippen molar-refractivity contribution < 1.29 is 5.11 Å². The van der Waals surface area contributed by atoms with Gasteiger partial charge in [0.25, 0.3) is 0 Å². The van der Waals surface area contributed by atoms with Gasteiger partial charge in [-0.2, -0.15) is 0 Å². The van der Waals surface area contributed by atoms with Crippen molar-refractivity contribution in [3.8, 4) is 0 Å². The van der Waals surface area contributed by atoms with Crippen molar-refractivity contribution in [1.82, 2.24) is 0 Å². The molecule has 1 rings (SSSR count). The second kappa shape index (κ2) is 29.3. The summed E-state index contributed by atoms with van der Waals surface area (Å²) in [7, 11) is 1.00. The fourth-order valence-electron chi connectivity index (χ4n) is 1.31. The first kappa shape index (κ1) is 29.2. The number of hydrogen-bond acceptors (Lipinski definition) is 1. The van der Waals surface area contributed by atoms with E-state index in [1.165, 1.54) is 32.1 Å². The first-order valence-electron chi connectivity index (χ1n) is 4.84. The molecule has 0 heterocycles. The minimum Gasteiger partial charge on any atom is -0.400 e. The molecule has 1 saturated carbocycles. The first-order valence-corrected chi connectivity index (χ1v) is 4.84. The topological polar surface area (TPSA) is 20.2 Å². The molecule has 0 aromatic heterocycles. The lowest BCUT2D eigenvalue weighted by Crippen LogP contribution is -1.99. The largest absolute Gasteiger partial charge is 0.400 e. The highest BCUT2D eigenvalue weighted by Gasteiger charge is 2.05. The average Bonchev–Trinajstić information content (AvgIpc) is 2.13. The van der Waals surface area contributed by atoms with Gasteiger partial charge < -0.3 is 5.11 Å². The molecule has 0 spiro atoms. The normalized spacial score (nSPS) is 13.5. The molecular weight excluding hydrogens is 172 g/mol. The van der Waals surface area contributed by atoms with Crippen LogP contribution in [0.1, 0.15) is 75.2 Å². The fourth-order valence-corrected chi connectivity index (χ4v) is 1.31. The van der Waals surface area contributed by atoms with Crippen LogP contribution in [0.2, 0.25) is 0 Å². The molecule has 1 fully saturated rings. The molecule has 1 N–H and O–H groups in total. The molecule has 1 aliphatic rings. The summed E-state index contributed by atoms with van der Waals surface area (Å²) in [6, 6.07) is 0. The van der Waals surface area contributed by atoms with Crippen molar-refractivity contribution >= 4 is 0 Å². The van der Waals surface area contributed by atoms with Gasteiger partial charge in [0.15, 0.2) is 0 Å². The van der Waals surface area contributed by atoms with Crippen LogP contribution in [0.5, 0.6) is 0 Å². The van der Waals surface area contributed by atoms with E-state index in [2.05, 4.69) is 6.92 Å². The minimum absolute atomic E-state index is 0. The molecule has 0 aliphatic heterocycles. The summed E-state index contributed by atoms with van der Waals surface area (Å²) in [6.07, 6.45) is 7.44. The predicted octanol–water partition coefficient (Wildman–Crippen LogP) is 5.13. The Morgan fingerprint density at radius 2 is 1.07 bits per heavy atom. The van der Waals surface area contributed by atoms with Gasteiger partial charge in [-0.1, -0.05) is 75.2 Å². The number of aliphatic hydroxyl groups is 1. The van der Waals surface area contributed by atoms with Gasteiger partial charge in [-0.15, -0.1) is 0 Å². The van der Waals surface area contributed by atoms with Crippen LogP contribution in [-0.2, 0) is 0 Å². The van der Waals surface area contributed by atoms with Crippen molar-refractivity contribution in [3.63, 3.8) is 0 Å². The summed E-state index contributed by atoms with van der Waals surface area (Å²) in [5.74, 6) is 1.04. The van der Waals surface area contributed by atoms with Crippen LogP contribution in [0, 0.1) is 5.92 Å². The molecule has 0 amide bonds. The number of hydrogen-bond donors (Lipinski definition) is 1. The second-order valence-corrected chi connectivity index (χ2v) is 2.74. The smallest absolute Gasteiger partial charge is 0.0319 e. The Kier molecular flexibility index (Phi) is 61.0. The summed E-state index contributed by atoms with van der Waals surface area (Å²) >= 11 is 0. The molecule has 0 unspecified atom stereocenters. The third kappa shape index (κ3) is 22.7. The summed E-state index contributed by atoms with van der Waals surface area (Å²) in [6.45, 7) is 6.36. The number of aliphatic hydroxyl groups excluding tert-OH is 1. The molecule has 1 heteroatoms. The van der Waals surface area contributed by atoms with Crippen LogP contribution in [-0.4, -0.2) is 12.2 Å². The predicted molar refractivity (Wildman–Crippen MR) is 71.9 cm³/mol. The summed E-state index contributed by atoms with van der Waals surface area (Å²) in [5.41, 5.74) is 0. The van der Waals surface area contributed by atoms with Crippen LogP contribution in [0.25, 0.3) is 0 Å². The summed E-state index contributed by atoms with van der Waals surface area (Å²) in [4.78, 5) is 0. The van der Waals surface area contributed by atoms with Crippen LogP contribution < -0.4 is 0 Å². The van der Waals surface area contributed by atoms with Crippen LogP contribution in [0.15, 0.2) is 0 Å². The standard InChI is InChI=1S/C7H14.C2H6.CH4O.3CH4/c1-7-5-3-2-4-6-7;2*1-2;;;/h7H,2-6H2,1H3;1-2H3;2H,1H3;3*1H4. The van der Waals surface area contributed by atoms with Gasteiger partial charge in [0, 0.05) is 7.11 Å². The Morgan fingerprint density at radius 3 is 1.21 bits per heavy atom. The van der Waals surface area contributed by atoms with Crippen LogP contribution in [0.3, 0.4) is 0 Å². The summed E-state index contributed by atoms with van der Waals surface area (Å²) in [5, 5.41) is 7.00. The molecule has 94 valence electrons. The highest BCUT2D eigenvalue weighted by Crippen LogP contribution is 2.21. The zero-order chi connectivity index (χ0) is 9.11. The Hall–Kier alpha value is -0.0400. The van der Waals surface area contributed by atoms with Crippen molar-refractivity contribution in [2.75, 3.05) is 7.11 Å². The van der Waals surface area contributed by atoms with Crippen LogP contribution >= 0.6 is 0 Å². The average molecular weight is 208 g/mol. The van der Waals surface area contributed by atoms with Crippen LogP contribution in [0.4, 0.5) is 0 Å². The third-order valence-electron chi connectivity index (χ3n) is 1.89. The van der Waals surface area contributed by atoms with Gasteiger partial charge in [-0.05, 0) is 5.92 Å². The van der Waals surface area contributed by atoms with Gasteiger partial charge in [0.2, 0.25) is 0 Å². The fraction of sp³-hybridized carbons (Fsp3) is 1.00. The lowest BCUT2D eigenvalue weighted by atomic mass is 9.91. The van der Waals surface area contributed by atoms with E-state index in [9.17, 15) is 0 Å². The van der Waals surface area contributed by atoms with E-state index in [0.29, 0.717) is 0 Å². The SMILES string of the molecule is C.C.C.CC.CC1CCCCC1.CO. The van der Waals surface area contributed by atoms with E-state index < -0.39 is 0 Å². The molecular formula is C13H36O. The molecule has 0 bridgehead atoms. The molecule has 1 aliphatic carbocycles. The van der Waals surface area contributed by atoms with Gasteiger partial charge in [0.1, 0.15) is 0 Å². The lowest BCUT2D eigenvalue weighted by molar-refractivity contribution is 0.385. The second-order valence-electron chi connectivity index (χ2n) is 2.74. The highest BCUT2D eigenvalue weighted by atomic mass is 16.2. The molecule has 0 radical (unpaired) electrons. The van der Waals surface area contributed by atoms with Gasteiger partial charge in [-0.3, -0.25) is 0 Å². The quantitative estimate of drug-likeness (QED) is 0.585. The molecule has 0 aromatic rings. The number of rotatable bonds is 0. The van der Waals surface area contributed by atoms with Crippen molar-refractivity contribution in [1.29, 1.82) is 0 Å². The van der Waals surface area contributed by atoms with E-state index in [1.54, 1.807) is 0 Å². The van der Waals surface area contributed by atoms with E-state index >= 15 is 0 Å². The highest BCUT2D eigenvalue weighted by molar-refractivity contribution is 4.59. The van der Waals surface area contributed by atoms with Crippen molar-refractivity contribution in [2.24, 2.45) is 5.92 Å². The van der Waals surface area contributed by atoms with E-state index in [4.69, 9.17) is 5.11 Å². The monoisotopic (exact) mass is 208 g/mol. The molecule has 0 aromatic carbocycles. The molecule has 0 saturated heterocycles. The van der Waals surface area contributed by atoms with E-state index in [0.717, 1.165) is 13.0 Å². The minimum atomic E-state index is 0. The van der Waals surface area contributed by atoms with Crippen molar-refractivity contribution in [3.05, 3.63) is 0 Å². The molecule has 1 nitrogen and oxygen atoms in total. The Morgan fingerprint density at radius 1 is 0.786 bits per heavy atom. The summed E-state index contributed by atoms with van der Waals surface area (Å²) < 4.78 is 0. The third-order valence-corrected chi connectivity index (χ3v) is 1.89. The maximum atomic E-state index is 7.00. The zero-order valence-electron chi connectivity index (χ0n) is 8.56.